The highest BCUT2D eigenvalue weighted by atomic mass is 16.7. The summed E-state index contributed by atoms with van der Waals surface area (Å²) in [7, 11) is 0. The van der Waals surface area contributed by atoms with E-state index in [0.717, 1.165) is 77.0 Å². The van der Waals surface area contributed by atoms with Crippen LogP contribution in [0.5, 0.6) is 0 Å². The fraction of sp³-hybridized carbons (Fsp3) is 0.947. The summed E-state index contributed by atoms with van der Waals surface area (Å²) in [5.41, 5.74) is 0. The summed E-state index contributed by atoms with van der Waals surface area (Å²) in [5, 5.41) is 10.8. The smallest absolute Gasteiger partial charge is 0.309 e. The number of rotatable bonds is 22. The fourth-order valence-electron chi connectivity index (χ4n) is 8.12. The van der Waals surface area contributed by atoms with Gasteiger partial charge < -0.3 is 33.6 Å². The second kappa shape index (κ2) is 21.1. The molecule has 0 spiro atoms. The summed E-state index contributed by atoms with van der Waals surface area (Å²) < 4.78 is 30.6. The first-order chi connectivity index (χ1) is 22.4. The van der Waals surface area contributed by atoms with E-state index in [1.165, 1.54) is 64.2 Å². The Morgan fingerprint density at radius 1 is 0.717 bits per heavy atom. The molecule has 0 aromatic heterocycles. The van der Waals surface area contributed by atoms with Gasteiger partial charge in [-0.15, -0.1) is 0 Å². The molecule has 0 aromatic carbocycles. The molecule has 9 atom stereocenters. The summed E-state index contributed by atoms with van der Waals surface area (Å²) in [6, 6.07) is 0. The van der Waals surface area contributed by atoms with Crippen molar-refractivity contribution >= 4 is 11.8 Å². The molecule has 0 aliphatic carbocycles. The molecule has 0 unspecified atom stereocenters. The lowest BCUT2D eigenvalue weighted by Gasteiger charge is -2.24. The maximum atomic E-state index is 11.9. The summed E-state index contributed by atoms with van der Waals surface area (Å²) >= 11 is 0. The Hall–Kier alpha value is -1.06. The van der Waals surface area contributed by atoms with E-state index in [9.17, 15) is 14.7 Å². The molecule has 8 nitrogen and oxygen atoms in total. The van der Waals surface area contributed by atoms with Gasteiger partial charge in [0, 0.05) is 6.42 Å². The summed E-state index contributed by atoms with van der Waals surface area (Å²) in [6.45, 7) is 4.09. The summed E-state index contributed by atoms with van der Waals surface area (Å²) in [6.07, 6.45) is 26.0. The van der Waals surface area contributed by atoms with Crippen molar-refractivity contribution in [1.29, 1.82) is 0 Å². The zero-order chi connectivity index (χ0) is 32.6. The van der Waals surface area contributed by atoms with E-state index in [4.69, 9.17) is 23.7 Å². The van der Waals surface area contributed by atoms with Crippen LogP contribution < -0.4 is 0 Å². The van der Waals surface area contributed by atoms with Gasteiger partial charge in [0.1, 0.15) is 18.7 Å². The lowest BCUT2D eigenvalue weighted by Crippen LogP contribution is -2.32. The average molecular weight is 651 g/mol. The van der Waals surface area contributed by atoms with Gasteiger partial charge in [0.2, 0.25) is 0 Å². The van der Waals surface area contributed by atoms with Crippen LogP contribution in [0.4, 0.5) is 0 Å². The third-order valence-electron chi connectivity index (χ3n) is 10.9. The van der Waals surface area contributed by atoms with E-state index >= 15 is 0 Å². The molecule has 266 valence electrons. The second-order valence-corrected chi connectivity index (χ2v) is 14.8. The second-order valence-electron chi connectivity index (χ2n) is 14.8. The lowest BCUT2D eigenvalue weighted by atomic mass is 9.96. The number of esters is 1. The van der Waals surface area contributed by atoms with Crippen molar-refractivity contribution in [3.05, 3.63) is 0 Å². The SMILES string of the molecule is CCCCCCCCCC[C@H](O)[C@H]1CC[C@H]([C@H]2CC[C@@H]([C@@H]3CC[C@@H](CCCCCCC[C@@H]4C[C@@H](CC(C)=O)C(=O)O4)O3)OCO2)O1. The maximum Gasteiger partial charge on any atom is 0.309 e. The number of ether oxygens (including phenoxy) is 5. The van der Waals surface area contributed by atoms with Gasteiger partial charge in [0.15, 0.2) is 0 Å². The van der Waals surface area contributed by atoms with Crippen molar-refractivity contribution in [2.75, 3.05) is 6.79 Å². The predicted octanol–water partition coefficient (Wildman–Crippen LogP) is 8.14. The van der Waals surface area contributed by atoms with Gasteiger partial charge in [0.25, 0.3) is 0 Å². The molecule has 4 saturated heterocycles. The van der Waals surface area contributed by atoms with Crippen molar-refractivity contribution in [1.82, 2.24) is 0 Å². The largest absolute Gasteiger partial charge is 0.462 e. The third-order valence-corrected chi connectivity index (χ3v) is 10.9. The van der Waals surface area contributed by atoms with Crippen LogP contribution in [0.3, 0.4) is 0 Å². The highest BCUT2D eigenvalue weighted by Crippen LogP contribution is 2.34. The first kappa shape index (κ1) is 37.8. The van der Waals surface area contributed by atoms with Crippen molar-refractivity contribution < 1.29 is 38.4 Å². The molecule has 0 bridgehead atoms. The number of carbonyl (C=O) groups excluding carboxylic acids is 2. The molecule has 8 heteroatoms. The van der Waals surface area contributed by atoms with Gasteiger partial charge in [0.05, 0.1) is 48.6 Å². The Morgan fingerprint density at radius 2 is 1.28 bits per heavy atom. The summed E-state index contributed by atoms with van der Waals surface area (Å²) in [5.74, 6) is -0.347. The molecule has 0 saturated carbocycles. The van der Waals surface area contributed by atoms with Crippen LogP contribution >= 0.6 is 0 Å². The van der Waals surface area contributed by atoms with E-state index in [1.807, 2.05) is 0 Å². The predicted molar refractivity (Wildman–Crippen MR) is 178 cm³/mol. The number of hydrogen-bond acceptors (Lipinski definition) is 8. The molecule has 0 radical (unpaired) electrons. The van der Waals surface area contributed by atoms with Gasteiger partial charge in [-0.3, -0.25) is 4.79 Å². The minimum absolute atomic E-state index is 0.00238. The molecular weight excluding hydrogens is 584 g/mol. The van der Waals surface area contributed by atoms with Crippen molar-refractivity contribution in [3.8, 4) is 0 Å². The van der Waals surface area contributed by atoms with Crippen LogP contribution in [0.15, 0.2) is 0 Å². The topological polar surface area (TPSA) is 101 Å². The maximum absolute atomic E-state index is 11.9. The molecule has 0 aromatic rings. The fourth-order valence-corrected chi connectivity index (χ4v) is 8.12. The molecule has 4 rings (SSSR count). The highest BCUT2D eigenvalue weighted by Gasteiger charge is 2.39. The monoisotopic (exact) mass is 650 g/mol. The van der Waals surface area contributed by atoms with Crippen LogP contribution in [-0.2, 0) is 33.3 Å². The molecule has 46 heavy (non-hydrogen) atoms. The van der Waals surface area contributed by atoms with Gasteiger partial charge in [-0.05, 0) is 77.6 Å². The number of carbonyl (C=O) groups is 2. The molecule has 4 aliphatic heterocycles. The number of cyclic esters (lactones) is 1. The Labute approximate surface area is 279 Å². The number of Topliss-reactive ketones (excluding diaryl/α,β-unsaturated/α-hetero) is 1. The Bertz CT molecular complexity index is 866. The minimum Gasteiger partial charge on any atom is -0.462 e. The Morgan fingerprint density at radius 3 is 1.96 bits per heavy atom. The van der Waals surface area contributed by atoms with Gasteiger partial charge in [-0.25, -0.2) is 0 Å². The standard InChI is InChI=1S/C38H66O8/c1-3-4-5-6-7-8-12-15-18-32(40)33-21-24-37(46-33)35-23-22-34(42-27-43-35)36-20-19-30(44-36)16-13-10-9-11-14-17-31-26-29(25-28(2)39)38(41)45-31/h29-37,40H,3-27H2,1-2H3/t29-,30-,31-,32+,33-,34+,35-,36+,37-/m1/s1. The van der Waals surface area contributed by atoms with E-state index in [-0.39, 0.29) is 60.4 Å². The van der Waals surface area contributed by atoms with Crippen LogP contribution in [0.25, 0.3) is 0 Å². The number of aliphatic hydroxyl groups excluding tert-OH is 1. The van der Waals surface area contributed by atoms with Gasteiger partial charge in [-0.1, -0.05) is 84.0 Å². The molecule has 4 fully saturated rings. The first-order valence-electron chi connectivity index (χ1n) is 19.3. The number of unbranched alkanes of at least 4 members (excludes halogenated alkanes) is 11. The molecule has 4 heterocycles. The van der Waals surface area contributed by atoms with Crippen molar-refractivity contribution in [2.45, 2.75) is 217 Å². The lowest BCUT2D eigenvalue weighted by molar-refractivity contribution is -0.154. The van der Waals surface area contributed by atoms with Crippen molar-refractivity contribution in [2.24, 2.45) is 5.92 Å². The molecule has 1 N–H and O–H groups in total. The van der Waals surface area contributed by atoms with E-state index in [0.29, 0.717) is 25.7 Å². The first-order valence-corrected chi connectivity index (χ1v) is 19.3. The van der Waals surface area contributed by atoms with E-state index in [2.05, 4.69) is 6.92 Å². The van der Waals surface area contributed by atoms with Crippen LogP contribution in [0.2, 0.25) is 0 Å². The molecular formula is C38H66O8. The van der Waals surface area contributed by atoms with E-state index < -0.39 is 0 Å². The summed E-state index contributed by atoms with van der Waals surface area (Å²) in [4.78, 5) is 23.2. The highest BCUT2D eigenvalue weighted by molar-refractivity contribution is 5.83. The van der Waals surface area contributed by atoms with Gasteiger partial charge in [-0.2, -0.15) is 0 Å². The number of ketones is 1. The minimum atomic E-state index is -0.366. The number of hydrogen-bond donors (Lipinski definition) is 1. The molecule has 4 aliphatic rings. The molecule has 0 amide bonds. The quantitative estimate of drug-likeness (QED) is 0.0926. The van der Waals surface area contributed by atoms with Crippen molar-refractivity contribution in [3.63, 3.8) is 0 Å². The third kappa shape index (κ3) is 13.1. The van der Waals surface area contributed by atoms with Gasteiger partial charge >= 0.3 is 5.97 Å². The number of aliphatic hydroxyl groups is 1. The van der Waals surface area contributed by atoms with Crippen LogP contribution in [0.1, 0.15) is 168 Å². The van der Waals surface area contributed by atoms with Crippen LogP contribution in [-0.4, -0.2) is 72.5 Å². The Balaban J connectivity index is 1.01. The van der Waals surface area contributed by atoms with Crippen LogP contribution in [0, 0.1) is 5.92 Å². The Kier molecular flexibility index (Phi) is 17.3. The zero-order valence-electron chi connectivity index (χ0n) is 29.2. The zero-order valence-corrected chi connectivity index (χ0v) is 29.2. The average Bonchev–Trinajstić information content (AvgIpc) is 3.75. The van der Waals surface area contributed by atoms with E-state index in [1.54, 1.807) is 6.92 Å². The normalized spacial score (nSPS) is 32.5.